The maximum atomic E-state index is 12.8. The van der Waals surface area contributed by atoms with Crippen LogP contribution in [0.1, 0.15) is 10.5 Å². The summed E-state index contributed by atoms with van der Waals surface area (Å²) in [7, 11) is -3.47. The van der Waals surface area contributed by atoms with Crippen LogP contribution in [0.4, 0.5) is 0 Å². The van der Waals surface area contributed by atoms with Gasteiger partial charge in [0.1, 0.15) is 11.4 Å². The van der Waals surface area contributed by atoms with Gasteiger partial charge in [-0.05, 0) is 12.1 Å². The number of halogens is 1. The van der Waals surface area contributed by atoms with Gasteiger partial charge in [0.25, 0.3) is 5.91 Å². The van der Waals surface area contributed by atoms with E-state index in [1.54, 1.807) is 24.3 Å². The van der Waals surface area contributed by atoms with Crippen LogP contribution < -0.4 is 5.32 Å². The van der Waals surface area contributed by atoms with Gasteiger partial charge in [0, 0.05) is 22.9 Å². The molecule has 130 valence electrons. The van der Waals surface area contributed by atoms with Crippen molar-refractivity contribution in [3.8, 4) is 11.3 Å². The topological polar surface area (TPSA) is 93.4 Å². The summed E-state index contributed by atoms with van der Waals surface area (Å²) in [6.07, 6.45) is 0. The van der Waals surface area contributed by atoms with Crippen LogP contribution in [0.25, 0.3) is 11.3 Å². The zero-order chi connectivity index (χ0) is 17.6. The largest absolute Gasteiger partial charge is 0.309 e. The van der Waals surface area contributed by atoms with Crippen LogP contribution in [0.15, 0.2) is 34.4 Å². The minimum atomic E-state index is -3.47. The number of rotatable bonds is 2. The molecule has 3 heterocycles. The molecule has 1 aromatic heterocycles. The molecule has 0 spiro atoms. The third-order valence-electron chi connectivity index (χ3n) is 3.93. The lowest BCUT2D eigenvalue weighted by Gasteiger charge is -2.08. The van der Waals surface area contributed by atoms with Crippen LogP contribution in [0.3, 0.4) is 0 Å². The molecule has 25 heavy (non-hydrogen) atoms. The second-order valence-corrected chi connectivity index (χ2v) is 9.08. The Morgan fingerprint density at radius 2 is 2.04 bits per heavy atom. The quantitative estimate of drug-likeness (QED) is 0.835. The number of nitrogens with one attached hydrogen (secondary N) is 1. The number of carbonyl (C=O) groups excluding carboxylic acids is 1. The average molecular weight is 397 g/mol. The van der Waals surface area contributed by atoms with Gasteiger partial charge in [-0.25, -0.2) is 13.4 Å². The number of fused-ring (bicyclic) bond motifs is 1. The van der Waals surface area contributed by atoms with E-state index in [0.29, 0.717) is 28.0 Å². The predicted molar refractivity (Wildman–Crippen MR) is 97.0 cm³/mol. The summed E-state index contributed by atoms with van der Waals surface area (Å²) in [6.45, 7) is 0.865. The Hall–Kier alpha value is -1.84. The zero-order valence-corrected chi connectivity index (χ0v) is 15.3. The molecule has 1 N–H and O–H groups in total. The number of hydrogen-bond acceptors (Lipinski definition) is 6. The molecule has 0 unspecified atom stereocenters. The molecule has 0 aliphatic carbocycles. The van der Waals surface area contributed by atoms with Crippen LogP contribution in [0, 0.1) is 0 Å². The molecule has 2 aliphatic rings. The Morgan fingerprint density at radius 1 is 1.28 bits per heavy atom. The maximum Gasteiger partial charge on any atom is 0.276 e. The number of thioether (sulfide) groups is 1. The number of amidine groups is 1. The summed E-state index contributed by atoms with van der Waals surface area (Å²) in [6, 6.07) is 6.78. The molecule has 0 atom stereocenters. The Kier molecular flexibility index (Phi) is 4.09. The van der Waals surface area contributed by atoms with Crippen LogP contribution in [-0.4, -0.2) is 47.1 Å². The Balaban J connectivity index is 1.83. The van der Waals surface area contributed by atoms with Crippen molar-refractivity contribution in [2.45, 2.75) is 11.7 Å². The second kappa shape index (κ2) is 6.15. The van der Waals surface area contributed by atoms with Gasteiger partial charge in [0.05, 0.1) is 12.3 Å². The lowest BCUT2D eigenvalue weighted by atomic mass is 10.1. The highest BCUT2D eigenvalue weighted by Gasteiger charge is 2.35. The third-order valence-corrected chi connectivity index (χ3v) is 6.66. The van der Waals surface area contributed by atoms with Gasteiger partial charge in [0.2, 0.25) is 15.0 Å². The smallest absolute Gasteiger partial charge is 0.276 e. The second-order valence-electron chi connectivity index (χ2n) is 5.56. The minimum Gasteiger partial charge on any atom is -0.309 e. The number of amides is 1. The summed E-state index contributed by atoms with van der Waals surface area (Å²) >= 11 is 7.37. The van der Waals surface area contributed by atoms with E-state index >= 15 is 0 Å². The number of aromatic nitrogens is 2. The number of carbonyl (C=O) groups is 1. The molecule has 10 heteroatoms. The molecule has 1 amide bonds. The van der Waals surface area contributed by atoms with E-state index in [1.807, 2.05) is 0 Å². The van der Waals surface area contributed by atoms with Gasteiger partial charge in [-0.1, -0.05) is 35.5 Å². The van der Waals surface area contributed by atoms with Crippen LogP contribution >= 0.6 is 23.4 Å². The van der Waals surface area contributed by atoms with Crippen LogP contribution in [0.2, 0.25) is 5.02 Å². The number of imidazole rings is 1. The minimum absolute atomic E-state index is 0.0494. The number of hydrogen-bond donors (Lipinski definition) is 1. The fourth-order valence-electron chi connectivity index (χ4n) is 2.79. The highest BCUT2D eigenvalue weighted by atomic mass is 35.5. The normalized spacial score (nSPS) is 18.0. The highest BCUT2D eigenvalue weighted by Crippen LogP contribution is 2.31. The predicted octanol–water partition coefficient (Wildman–Crippen LogP) is 1.82. The molecule has 0 saturated heterocycles. The zero-order valence-electron chi connectivity index (χ0n) is 12.9. The molecule has 4 rings (SSSR count). The van der Waals surface area contributed by atoms with E-state index in [-0.39, 0.29) is 23.1 Å². The molecule has 7 nitrogen and oxygen atoms in total. The van der Waals surface area contributed by atoms with Gasteiger partial charge in [-0.15, -0.1) is 0 Å². The van der Waals surface area contributed by atoms with Gasteiger partial charge in [-0.3, -0.25) is 15.1 Å². The first kappa shape index (κ1) is 16.6. The van der Waals surface area contributed by atoms with E-state index in [2.05, 4.69) is 15.3 Å². The van der Waals surface area contributed by atoms with Gasteiger partial charge in [-0.2, -0.15) is 0 Å². The van der Waals surface area contributed by atoms with E-state index in [9.17, 15) is 13.2 Å². The van der Waals surface area contributed by atoms with Crippen molar-refractivity contribution in [3.05, 3.63) is 35.0 Å². The fourth-order valence-corrected chi connectivity index (χ4v) is 4.99. The Morgan fingerprint density at radius 3 is 2.72 bits per heavy atom. The number of aliphatic imine (C=N–C) groups is 1. The van der Waals surface area contributed by atoms with E-state index in [1.165, 1.54) is 16.3 Å². The van der Waals surface area contributed by atoms with Crippen molar-refractivity contribution in [2.75, 3.05) is 18.1 Å². The van der Waals surface area contributed by atoms with Crippen molar-refractivity contribution in [3.63, 3.8) is 0 Å². The SMILES string of the molecule is O=C(NC1=NCCS1)c1c(-c2ccc(Cl)cc2)nc2n1CCS2(=O)=O. The summed E-state index contributed by atoms with van der Waals surface area (Å²) in [5.74, 6) is 0.360. The molecule has 0 radical (unpaired) electrons. The van der Waals surface area contributed by atoms with Gasteiger partial charge in [0.15, 0.2) is 5.17 Å². The highest BCUT2D eigenvalue weighted by molar-refractivity contribution is 8.14. The average Bonchev–Trinajstić information content (AvgIpc) is 3.26. The monoisotopic (exact) mass is 396 g/mol. The molecule has 1 aromatic carbocycles. The van der Waals surface area contributed by atoms with Gasteiger partial charge >= 0.3 is 0 Å². The lowest BCUT2D eigenvalue weighted by Crippen LogP contribution is -2.29. The lowest BCUT2D eigenvalue weighted by molar-refractivity contribution is 0.0969. The molecule has 2 aromatic rings. The van der Waals surface area contributed by atoms with Crippen molar-refractivity contribution in [1.82, 2.24) is 14.9 Å². The molecule has 0 fully saturated rings. The van der Waals surface area contributed by atoms with Crippen molar-refractivity contribution in [1.29, 1.82) is 0 Å². The van der Waals surface area contributed by atoms with E-state index in [0.717, 1.165) is 5.75 Å². The fraction of sp³-hybridized carbons (Fsp3) is 0.267. The van der Waals surface area contributed by atoms with Crippen molar-refractivity contribution in [2.24, 2.45) is 4.99 Å². The first-order valence-corrected chi connectivity index (χ1v) is 10.5. The summed E-state index contributed by atoms with van der Waals surface area (Å²) in [5.41, 5.74) is 1.19. The third kappa shape index (κ3) is 2.96. The first-order valence-electron chi connectivity index (χ1n) is 7.53. The molecular formula is C15H13ClN4O3S2. The first-order chi connectivity index (χ1) is 12.0. The summed E-state index contributed by atoms with van der Waals surface area (Å²) in [5, 5.41) is 3.78. The van der Waals surface area contributed by atoms with E-state index < -0.39 is 15.7 Å². The number of sulfone groups is 1. The molecule has 0 saturated carbocycles. The molecular weight excluding hydrogens is 384 g/mol. The summed E-state index contributed by atoms with van der Waals surface area (Å²) < 4.78 is 25.9. The Labute approximate surface area is 153 Å². The maximum absolute atomic E-state index is 12.8. The van der Waals surface area contributed by atoms with E-state index in [4.69, 9.17) is 11.6 Å². The Bertz CT molecular complexity index is 997. The van der Waals surface area contributed by atoms with Crippen LogP contribution in [0.5, 0.6) is 0 Å². The molecule has 2 aliphatic heterocycles. The standard InChI is InChI=1S/C15H13ClN4O3S2/c16-10-3-1-9(2-4-10)11-12(13(21)19-14-17-5-7-24-14)20-6-8-25(22,23)15(20)18-11/h1-4H,5-8H2,(H,17,19,21). The van der Waals surface area contributed by atoms with Crippen LogP contribution in [-0.2, 0) is 16.4 Å². The number of nitrogens with zero attached hydrogens (tertiary/aromatic N) is 3. The number of benzene rings is 1. The van der Waals surface area contributed by atoms with Crippen molar-refractivity contribution >= 4 is 44.3 Å². The summed E-state index contributed by atoms with van der Waals surface area (Å²) in [4.78, 5) is 21.3. The van der Waals surface area contributed by atoms with Crippen molar-refractivity contribution < 1.29 is 13.2 Å². The van der Waals surface area contributed by atoms with Gasteiger partial charge < -0.3 is 4.57 Å². The molecule has 0 bridgehead atoms.